The Balaban J connectivity index is 2.44. The van der Waals surface area contributed by atoms with Crippen LogP contribution in [0.3, 0.4) is 0 Å². The molecule has 0 aromatic rings. The monoisotopic (exact) mass is 244 g/mol. The Morgan fingerprint density at radius 2 is 2.00 bits per heavy atom. The number of piperidine rings is 1. The third-order valence-electron chi connectivity index (χ3n) is 3.29. The van der Waals surface area contributed by atoms with E-state index in [0.29, 0.717) is 5.92 Å². The SMILES string of the molecule is COCCN(CC(C)C)CC1(O)CCNCC1. The fraction of sp³-hybridized carbons (Fsp3) is 1.00. The second-order valence-corrected chi connectivity index (χ2v) is 5.60. The molecule has 17 heavy (non-hydrogen) atoms. The van der Waals surface area contributed by atoms with Gasteiger partial charge >= 0.3 is 0 Å². The number of nitrogens with zero attached hydrogens (tertiary/aromatic N) is 1. The van der Waals surface area contributed by atoms with Crippen LogP contribution in [0.1, 0.15) is 26.7 Å². The average molecular weight is 244 g/mol. The summed E-state index contributed by atoms with van der Waals surface area (Å²) in [5, 5.41) is 13.8. The van der Waals surface area contributed by atoms with Crippen molar-refractivity contribution in [3.8, 4) is 0 Å². The maximum Gasteiger partial charge on any atom is 0.0798 e. The standard InChI is InChI=1S/C13H28N2O2/c1-12(2)10-15(8-9-17-3)11-13(16)4-6-14-7-5-13/h12,14,16H,4-11H2,1-3H3. The first kappa shape index (κ1) is 14.9. The van der Waals surface area contributed by atoms with Crippen molar-refractivity contribution < 1.29 is 9.84 Å². The number of methoxy groups -OCH3 is 1. The zero-order valence-corrected chi connectivity index (χ0v) is 11.5. The summed E-state index contributed by atoms with van der Waals surface area (Å²) in [5.74, 6) is 0.622. The highest BCUT2D eigenvalue weighted by atomic mass is 16.5. The van der Waals surface area contributed by atoms with Crippen LogP contribution in [0.2, 0.25) is 0 Å². The first-order chi connectivity index (χ1) is 8.06. The van der Waals surface area contributed by atoms with Crippen LogP contribution < -0.4 is 5.32 Å². The van der Waals surface area contributed by atoms with Crippen LogP contribution in [0, 0.1) is 5.92 Å². The van der Waals surface area contributed by atoms with Gasteiger partial charge in [0.1, 0.15) is 0 Å². The number of aliphatic hydroxyl groups is 1. The third-order valence-corrected chi connectivity index (χ3v) is 3.29. The van der Waals surface area contributed by atoms with Gasteiger partial charge in [-0.05, 0) is 31.8 Å². The number of rotatable bonds is 7. The summed E-state index contributed by atoms with van der Waals surface area (Å²) < 4.78 is 5.14. The van der Waals surface area contributed by atoms with Crippen LogP contribution in [-0.4, -0.2) is 62.0 Å². The van der Waals surface area contributed by atoms with Crippen LogP contribution in [0.5, 0.6) is 0 Å². The predicted octanol–water partition coefficient (Wildman–Crippen LogP) is 0.705. The van der Waals surface area contributed by atoms with Gasteiger partial charge in [-0.2, -0.15) is 0 Å². The smallest absolute Gasteiger partial charge is 0.0798 e. The molecule has 0 radical (unpaired) electrons. The first-order valence-electron chi connectivity index (χ1n) is 6.70. The molecular weight excluding hydrogens is 216 g/mol. The second kappa shape index (κ2) is 7.31. The maximum atomic E-state index is 10.5. The lowest BCUT2D eigenvalue weighted by molar-refractivity contribution is -0.0271. The van der Waals surface area contributed by atoms with Crippen molar-refractivity contribution in [3.63, 3.8) is 0 Å². The van der Waals surface area contributed by atoms with Crippen LogP contribution in [-0.2, 0) is 4.74 Å². The van der Waals surface area contributed by atoms with E-state index in [4.69, 9.17) is 4.74 Å². The molecule has 4 heteroatoms. The van der Waals surface area contributed by atoms with E-state index in [2.05, 4.69) is 24.1 Å². The Kier molecular flexibility index (Phi) is 6.41. The summed E-state index contributed by atoms with van der Waals surface area (Å²) in [6, 6.07) is 0. The molecular formula is C13H28N2O2. The van der Waals surface area contributed by atoms with Gasteiger partial charge in [0, 0.05) is 26.7 Å². The molecule has 1 heterocycles. The maximum absolute atomic E-state index is 10.5. The average Bonchev–Trinajstić information content (AvgIpc) is 2.25. The Morgan fingerprint density at radius 3 is 2.53 bits per heavy atom. The van der Waals surface area contributed by atoms with E-state index in [9.17, 15) is 5.11 Å². The lowest BCUT2D eigenvalue weighted by atomic mass is 9.91. The van der Waals surface area contributed by atoms with E-state index in [1.165, 1.54) is 0 Å². The molecule has 0 unspecified atom stereocenters. The molecule has 1 fully saturated rings. The topological polar surface area (TPSA) is 44.7 Å². The van der Waals surface area contributed by atoms with E-state index >= 15 is 0 Å². The summed E-state index contributed by atoms with van der Waals surface area (Å²) >= 11 is 0. The van der Waals surface area contributed by atoms with Crippen LogP contribution in [0.15, 0.2) is 0 Å². The molecule has 1 saturated heterocycles. The number of nitrogens with one attached hydrogen (secondary N) is 1. The van der Waals surface area contributed by atoms with E-state index < -0.39 is 5.60 Å². The largest absolute Gasteiger partial charge is 0.388 e. The molecule has 0 bridgehead atoms. The summed E-state index contributed by atoms with van der Waals surface area (Å²) in [6.45, 7) is 9.73. The lowest BCUT2D eigenvalue weighted by Crippen LogP contribution is -2.51. The number of ether oxygens (including phenoxy) is 1. The van der Waals surface area contributed by atoms with Crippen molar-refractivity contribution in [2.45, 2.75) is 32.3 Å². The summed E-state index contributed by atoms with van der Waals surface area (Å²) in [7, 11) is 1.73. The zero-order chi connectivity index (χ0) is 12.7. The molecule has 4 nitrogen and oxygen atoms in total. The highest BCUT2D eigenvalue weighted by Crippen LogP contribution is 2.19. The summed E-state index contributed by atoms with van der Waals surface area (Å²) in [6.07, 6.45) is 1.71. The fourth-order valence-corrected chi connectivity index (χ4v) is 2.44. The second-order valence-electron chi connectivity index (χ2n) is 5.60. The van der Waals surface area contributed by atoms with Crippen molar-refractivity contribution in [2.24, 2.45) is 5.92 Å². The van der Waals surface area contributed by atoms with Crippen LogP contribution in [0.25, 0.3) is 0 Å². The summed E-state index contributed by atoms with van der Waals surface area (Å²) in [4.78, 5) is 2.33. The van der Waals surface area contributed by atoms with Crippen LogP contribution in [0.4, 0.5) is 0 Å². The Labute approximate surface area is 105 Å². The molecule has 0 aliphatic carbocycles. The Morgan fingerprint density at radius 1 is 1.35 bits per heavy atom. The molecule has 0 aromatic carbocycles. The van der Waals surface area contributed by atoms with Crippen LogP contribution >= 0.6 is 0 Å². The quantitative estimate of drug-likeness (QED) is 0.692. The van der Waals surface area contributed by atoms with Crippen molar-refractivity contribution in [1.29, 1.82) is 0 Å². The molecule has 2 N–H and O–H groups in total. The molecule has 1 aliphatic rings. The van der Waals surface area contributed by atoms with Gasteiger partial charge in [-0.15, -0.1) is 0 Å². The normalized spacial score (nSPS) is 20.1. The molecule has 0 amide bonds. The fourth-order valence-electron chi connectivity index (χ4n) is 2.44. The molecule has 102 valence electrons. The Hall–Kier alpha value is -0.160. The van der Waals surface area contributed by atoms with E-state index in [1.807, 2.05) is 0 Å². The molecule has 0 spiro atoms. The lowest BCUT2D eigenvalue weighted by Gasteiger charge is -2.37. The molecule has 0 saturated carbocycles. The van der Waals surface area contributed by atoms with Gasteiger partial charge in [0.15, 0.2) is 0 Å². The van der Waals surface area contributed by atoms with Gasteiger partial charge in [-0.1, -0.05) is 13.8 Å². The minimum Gasteiger partial charge on any atom is -0.388 e. The van der Waals surface area contributed by atoms with Gasteiger partial charge in [-0.3, -0.25) is 4.90 Å². The first-order valence-corrected chi connectivity index (χ1v) is 6.70. The van der Waals surface area contributed by atoms with Gasteiger partial charge in [0.25, 0.3) is 0 Å². The van der Waals surface area contributed by atoms with Gasteiger partial charge in [-0.25, -0.2) is 0 Å². The molecule has 1 rings (SSSR count). The highest BCUT2D eigenvalue weighted by molar-refractivity contribution is 4.87. The molecule has 0 atom stereocenters. The van der Waals surface area contributed by atoms with Gasteiger partial charge < -0.3 is 15.2 Å². The van der Waals surface area contributed by atoms with E-state index in [1.54, 1.807) is 7.11 Å². The van der Waals surface area contributed by atoms with E-state index in [0.717, 1.165) is 52.2 Å². The highest BCUT2D eigenvalue weighted by Gasteiger charge is 2.31. The van der Waals surface area contributed by atoms with Crippen molar-refractivity contribution in [3.05, 3.63) is 0 Å². The Bertz CT molecular complexity index is 204. The van der Waals surface area contributed by atoms with E-state index in [-0.39, 0.29) is 0 Å². The summed E-state index contributed by atoms with van der Waals surface area (Å²) in [5.41, 5.74) is -0.506. The predicted molar refractivity (Wildman–Crippen MR) is 70.2 cm³/mol. The zero-order valence-electron chi connectivity index (χ0n) is 11.5. The van der Waals surface area contributed by atoms with Crippen molar-refractivity contribution in [2.75, 3.05) is 46.4 Å². The number of hydrogen-bond acceptors (Lipinski definition) is 4. The minimum atomic E-state index is -0.506. The number of hydrogen-bond donors (Lipinski definition) is 2. The van der Waals surface area contributed by atoms with Gasteiger partial charge in [0.05, 0.1) is 12.2 Å². The third kappa shape index (κ3) is 5.82. The van der Waals surface area contributed by atoms with Crippen molar-refractivity contribution in [1.82, 2.24) is 10.2 Å². The molecule has 1 aliphatic heterocycles. The minimum absolute atomic E-state index is 0.506. The van der Waals surface area contributed by atoms with Gasteiger partial charge in [0.2, 0.25) is 0 Å². The van der Waals surface area contributed by atoms with Crippen molar-refractivity contribution >= 4 is 0 Å². The molecule has 0 aromatic heterocycles.